The van der Waals surface area contributed by atoms with Crippen LogP contribution in [0.3, 0.4) is 0 Å². The number of hydrogen-bond acceptors (Lipinski definition) is 4. The van der Waals surface area contributed by atoms with E-state index in [0.717, 1.165) is 23.6 Å². The molecule has 0 spiro atoms. The molecule has 0 bridgehead atoms. The molecular formula is C18H16F2N2O4. The number of anilines is 1. The Morgan fingerprint density at radius 3 is 2.35 bits per heavy atom. The fraction of sp³-hybridized carbons (Fsp3) is 0.167. The normalized spacial score (nSPS) is 10.2. The summed E-state index contributed by atoms with van der Waals surface area (Å²) < 4.78 is 31.8. The molecule has 2 aromatic carbocycles. The minimum absolute atomic E-state index is 0.173. The Labute approximate surface area is 148 Å². The number of nitrogens with one attached hydrogen (secondary N) is 1. The Kier molecular flexibility index (Phi) is 6.00. The second kappa shape index (κ2) is 8.19. The van der Waals surface area contributed by atoms with Gasteiger partial charge in [0, 0.05) is 19.7 Å². The zero-order chi connectivity index (χ0) is 19.3. The molecule has 136 valence electrons. The van der Waals surface area contributed by atoms with E-state index in [0.29, 0.717) is 6.07 Å². The smallest absolute Gasteiger partial charge is 0.340 e. The van der Waals surface area contributed by atoms with Crippen molar-refractivity contribution in [3.05, 3.63) is 65.2 Å². The summed E-state index contributed by atoms with van der Waals surface area (Å²) in [4.78, 5) is 36.8. The quantitative estimate of drug-likeness (QED) is 0.669. The molecule has 0 atom stereocenters. The number of nitrogens with zero attached hydrogens (tertiary/aromatic N) is 1. The summed E-state index contributed by atoms with van der Waals surface area (Å²) in [6, 6.07) is 10.2. The van der Waals surface area contributed by atoms with Crippen molar-refractivity contribution >= 4 is 23.5 Å². The fourth-order valence-electron chi connectivity index (χ4n) is 2.19. The van der Waals surface area contributed by atoms with Gasteiger partial charge >= 0.3 is 17.8 Å². The molecule has 0 saturated heterocycles. The highest BCUT2D eigenvalue weighted by Crippen LogP contribution is 2.20. The van der Waals surface area contributed by atoms with Crippen molar-refractivity contribution < 1.29 is 27.9 Å². The van der Waals surface area contributed by atoms with Gasteiger partial charge in [0.05, 0.1) is 18.4 Å². The summed E-state index contributed by atoms with van der Waals surface area (Å²) in [5.41, 5.74) is -0.260. The van der Waals surface area contributed by atoms with E-state index in [1.165, 1.54) is 7.05 Å². The molecule has 0 aliphatic carbocycles. The second-order valence-corrected chi connectivity index (χ2v) is 5.40. The number of ether oxygens (including phenoxy) is 1. The van der Waals surface area contributed by atoms with Gasteiger partial charge in [-0.05, 0) is 11.6 Å². The maximum absolute atomic E-state index is 13.8. The number of esters is 1. The van der Waals surface area contributed by atoms with E-state index in [1.54, 1.807) is 24.3 Å². The van der Waals surface area contributed by atoms with Crippen molar-refractivity contribution in [1.29, 1.82) is 0 Å². The Hall–Kier alpha value is -3.29. The number of rotatable bonds is 4. The van der Waals surface area contributed by atoms with Crippen LogP contribution in [0.2, 0.25) is 0 Å². The van der Waals surface area contributed by atoms with E-state index >= 15 is 0 Å². The lowest BCUT2D eigenvalue weighted by Crippen LogP contribution is -2.36. The first-order valence-corrected chi connectivity index (χ1v) is 7.51. The van der Waals surface area contributed by atoms with Crippen LogP contribution in [0.5, 0.6) is 0 Å². The number of carbonyl (C=O) groups is 3. The minimum atomic E-state index is -1.14. The number of benzene rings is 2. The topological polar surface area (TPSA) is 75.7 Å². The monoisotopic (exact) mass is 362 g/mol. The largest absolute Gasteiger partial charge is 0.465 e. The number of halogens is 2. The van der Waals surface area contributed by atoms with Gasteiger partial charge in [-0.15, -0.1) is 0 Å². The van der Waals surface area contributed by atoms with Crippen molar-refractivity contribution in [2.45, 2.75) is 6.54 Å². The van der Waals surface area contributed by atoms with Gasteiger partial charge in [0.25, 0.3) is 0 Å². The average Bonchev–Trinajstić information content (AvgIpc) is 2.63. The Morgan fingerprint density at radius 2 is 1.73 bits per heavy atom. The molecule has 2 amide bonds. The van der Waals surface area contributed by atoms with Gasteiger partial charge in [0.2, 0.25) is 0 Å². The highest BCUT2D eigenvalue weighted by molar-refractivity contribution is 6.39. The first-order valence-electron chi connectivity index (χ1n) is 7.51. The third-order valence-electron chi connectivity index (χ3n) is 3.51. The van der Waals surface area contributed by atoms with Crippen molar-refractivity contribution in [3.8, 4) is 0 Å². The summed E-state index contributed by atoms with van der Waals surface area (Å²) in [5.74, 6) is -5.34. The lowest BCUT2D eigenvalue weighted by molar-refractivity contribution is -0.142. The summed E-state index contributed by atoms with van der Waals surface area (Å²) in [7, 11) is 2.45. The van der Waals surface area contributed by atoms with Crippen molar-refractivity contribution in [1.82, 2.24) is 4.90 Å². The summed E-state index contributed by atoms with van der Waals surface area (Å²) in [5, 5.41) is 2.04. The van der Waals surface area contributed by atoms with Crippen LogP contribution < -0.4 is 5.32 Å². The predicted octanol–water partition coefficient (Wildman–Crippen LogP) is 2.35. The summed E-state index contributed by atoms with van der Waals surface area (Å²) >= 11 is 0. The van der Waals surface area contributed by atoms with Crippen LogP contribution in [0.4, 0.5) is 14.5 Å². The van der Waals surface area contributed by atoms with Gasteiger partial charge in [-0.1, -0.05) is 30.3 Å². The molecule has 0 radical (unpaired) electrons. The second-order valence-electron chi connectivity index (χ2n) is 5.40. The molecule has 26 heavy (non-hydrogen) atoms. The molecule has 0 fully saturated rings. The maximum atomic E-state index is 13.8. The van der Waals surface area contributed by atoms with E-state index in [-0.39, 0.29) is 6.54 Å². The highest BCUT2D eigenvalue weighted by atomic mass is 19.1. The van der Waals surface area contributed by atoms with Crippen LogP contribution in [-0.2, 0) is 20.9 Å². The van der Waals surface area contributed by atoms with Gasteiger partial charge < -0.3 is 15.0 Å². The van der Waals surface area contributed by atoms with Gasteiger partial charge in [-0.3, -0.25) is 9.59 Å². The third-order valence-corrected chi connectivity index (χ3v) is 3.51. The molecule has 0 aliphatic rings. The Morgan fingerprint density at radius 1 is 1.08 bits per heavy atom. The molecule has 8 heteroatoms. The van der Waals surface area contributed by atoms with Gasteiger partial charge in [-0.2, -0.15) is 0 Å². The first kappa shape index (κ1) is 19.0. The van der Waals surface area contributed by atoms with Gasteiger partial charge in [-0.25, -0.2) is 13.6 Å². The Bertz CT molecular complexity index is 841. The molecule has 0 aliphatic heterocycles. The van der Waals surface area contributed by atoms with Crippen LogP contribution >= 0.6 is 0 Å². The molecule has 1 N–H and O–H groups in total. The van der Waals surface area contributed by atoms with Crippen LogP contribution in [0.15, 0.2) is 42.5 Å². The number of likely N-dealkylation sites (N-methyl/N-ethyl adjacent to an activating group) is 1. The van der Waals surface area contributed by atoms with E-state index in [4.69, 9.17) is 0 Å². The lowest BCUT2D eigenvalue weighted by atomic mass is 10.1. The molecular weight excluding hydrogens is 346 g/mol. The molecule has 0 unspecified atom stereocenters. The van der Waals surface area contributed by atoms with E-state index < -0.39 is 40.7 Å². The standard InChI is InChI=1S/C18H16F2N2O4/c1-22(10-11-6-4-3-5-7-11)17(24)16(23)21-15-8-12(18(25)26-2)13(19)9-14(15)20/h3-9H,10H2,1-2H3,(H,21,23). The van der Waals surface area contributed by atoms with E-state index in [2.05, 4.69) is 4.74 Å². The molecule has 2 aromatic rings. The van der Waals surface area contributed by atoms with Crippen molar-refractivity contribution in [2.24, 2.45) is 0 Å². The molecule has 2 rings (SSSR count). The van der Waals surface area contributed by atoms with Gasteiger partial charge in [0.15, 0.2) is 0 Å². The molecule has 6 nitrogen and oxygen atoms in total. The zero-order valence-corrected chi connectivity index (χ0v) is 14.1. The van der Waals surface area contributed by atoms with Crippen LogP contribution in [0.1, 0.15) is 15.9 Å². The number of amides is 2. The SMILES string of the molecule is COC(=O)c1cc(NC(=O)C(=O)N(C)Cc2ccccc2)c(F)cc1F. The maximum Gasteiger partial charge on any atom is 0.340 e. The molecule has 0 heterocycles. The van der Waals surface area contributed by atoms with Crippen molar-refractivity contribution in [2.75, 3.05) is 19.5 Å². The van der Waals surface area contributed by atoms with Crippen LogP contribution in [-0.4, -0.2) is 36.8 Å². The van der Waals surface area contributed by atoms with Crippen LogP contribution in [0.25, 0.3) is 0 Å². The molecule has 0 saturated carbocycles. The average molecular weight is 362 g/mol. The molecule has 0 aromatic heterocycles. The first-order chi connectivity index (χ1) is 12.3. The summed E-state index contributed by atoms with van der Waals surface area (Å²) in [6.45, 7) is 0.173. The van der Waals surface area contributed by atoms with E-state index in [9.17, 15) is 23.2 Å². The lowest BCUT2D eigenvalue weighted by Gasteiger charge is -2.17. The van der Waals surface area contributed by atoms with Gasteiger partial charge in [0.1, 0.15) is 11.6 Å². The third kappa shape index (κ3) is 4.41. The highest BCUT2D eigenvalue weighted by Gasteiger charge is 2.22. The number of carbonyl (C=O) groups excluding carboxylic acids is 3. The minimum Gasteiger partial charge on any atom is -0.465 e. The Balaban J connectivity index is 2.13. The number of methoxy groups -OCH3 is 1. The predicted molar refractivity (Wildman–Crippen MR) is 89.2 cm³/mol. The van der Waals surface area contributed by atoms with Crippen molar-refractivity contribution in [3.63, 3.8) is 0 Å². The van der Waals surface area contributed by atoms with E-state index in [1.807, 2.05) is 11.4 Å². The number of hydrogen-bond donors (Lipinski definition) is 1. The fourth-order valence-corrected chi connectivity index (χ4v) is 2.19. The summed E-state index contributed by atoms with van der Waals surface area (Å²) in [6.07, 6.45) is 0. The van der Waals surface area contributed by atoms with Crippen LogP contribution in [0, 0.1) is 11.6 Å². The zero-order valence-electron chi connectivity index (χ0n) is 14.1.